The van der Waals surface area contributed by atoms with Crippen molar-refractivity contribution in [1.82, 2.24) is 4.98 Å². The van der Waals surface area contributed by atoms with Gasteiger partial charge in [-0.2, -0.15) is 0 Å². The quantitative estimate of drug-likeness (QED) is 0.603. The number of aromatic nitrogens is 1. The van der Waals surface area contributed by atoms with E-state index in [-0.39, 0.29) is 0 Å². The van der Waals surface area contributed by atoms with Crippen molar-refractivity contribution in [3.05, 3.63) is 65.3 Å². The number of alkyl halides is 1. The Bertz CT molecular complexity index is 758. The Morgan fingerprint density at radius 2 is 1.80 bits per heavy atom. The minimum absolute atomic E-state index is 0.398. The number of fused-ring (bicyclic) bond motifs is 1. The molecule has 0 spiro atoms. The second-order valence-electron chi connectivity index (χ2n) is 4.29. The topological polar surface area (TPSA) is 22.1 Å². The average Bonchev–Trinajstić information content (AvgIpc) is 2.51. The van der Waals surface area contributed by atoms with E-state index in [4.69, 9.17) is 27.9 Å². The first kappa shape index (κ1) is 13.2. The van der Waals surface area contributed by atoms with Crippen LogP contribution in [0, 0.1) is 0 Å². The Morgan fingerprint density at radius 3 is 2.65 bits per heavy atom. The van der Waals surface area contributed by atoms with Gasteiger partial charge in [0.25, 0.3) is 0 Å². The van der Waals surface area contributed by atoms with Crippen LogP contribution in [-0.4, -0.2) is 4.98 Å². The summed E-state index contributed by atoms with van der Waals surface area (Å²) in [4.78, 5) is 4.35. The Labute approximate surface area is 126 Å². The van der Waals surface area contributed by atoms with Crippen molar-refractivity contribution in [2.24, 2.45) is 0 Å². The summed E-state index contributed by atoms with van der Waals surface area (Å²) < 4.78 is 5.96. The summed E-state index contributed by atoms with van der Waals surface area (Å²) >= 11 is 12.1. The number of halogens is 2. The van der Waals surface area contributed by atoms with Gasteiger partial charge in [0.2, 0.25) is 0 Å². The minimum atomic E-state index is 0.398. The average molecular weight is 304 g/mol. The van der Waals surface area contributed by atoms with Gasteiger partial charge in [0.1, 0.15) is 11.3 Å². The van der Waals surface area contributed by atoms with Crippen LogP contribution in [-0.2, 0) is 5.88 Å². The molecule has 1 aromatic heterocycles. The van der Waals surface area contributed by atoms with Gasteiger partial charge in [-0.25, -0.2) is 0 Å². The zero-order valence-electron chi connectivity index (χ0n) is 10.5. The van der Waals surface area contributed by atoms with Crippen LogP contribution in [0.5, 0.6) is 11.5 Å². The fraction of sp³-hybridized carbons (Fsp3) is 0.0625. The summed E-state index contributed by atoms with van der Waals surface area (Å²) in [6.07, 6.45) is 1.72. The van der Waals surface area contributed by atoms with Crippen LogP contribution >= 0.6 is 23.2 Å². The lowest BCUT2D eigenvalue weighted by Gasteiger charge is -2.11. The third kappa shape index (κ3) is 2.45. The smallest absolute Gasteiger partial charge is 0.153 e. The van der Waals surface area contributed by atoms with Crippen molar-refractivity contribution in [3.8, 4) is 11.5 Å². The molecule has 0 aliphatic carbocycles. The summed E-state index contributed by atoms with van der Waals surface area (Å²) in [7, 11) is 0. The first-order chi connectivity index (χ1) is 9.79. The molecule has 0 saturated carbocycles. The molecule has 0 saturated heterocycles. The maximum Gasteiger partial charge on any atom is 0.153 e. The largest absolute Gasteiger partial charge is 0.455 e. The fourth-order valence-corrected chi connectivity index (χ4v) is 2.46. The van der Waals surface area contributed by atoms with Gasteiger partial charge >= 0.3 is 0 Å². The Kier molecular flexibility index (Phi) is 3.77. The lowest BCUT2D eigenvalue weighted by molar-refractivity contribution is 0.483. The lowest BCUT2D eigenvalue weighted by atomic mass is 10.2. The molecule has 1 heterocycles. The molecule has 4 heteroatoms. The Morgan fingerprint density at radius 1 is 0.950 bits per heavy atom. The van der Waals surface area contributed by atoms with Crippen LogP contribution in [0.1, 0.15) is 5.56 Å². The van der Waals surface area contributed by atoms with Gasteiger partial charge < -0.3 is 4.74 Å². The molecule has 2 nitrogen and oxygen atoms in total. The standard InChI is InChI=1S/C16H11Cl2NO/c17-10-11-4-1-2-6-14(11)20-15-8-7-13(18)12-5-3-9-19-16(12)15/h1-9H,10H2. The van der Waals surface area contributed by atoms with Gasteiger partial charge in [-0.1, -0.05) is 29.8 Å². The first-order valence-corrected chi connectivity index (χ1v) is 7.06. The number of ether oxygens (including phenoxy) is 1. The van der Waals surface area contributed by atoms with Crippen LogP contribution in [0.2, 0.25) is 5.02 Å². The summed E-state index contributed by atoms with van der Waals surface area (Å²) in [6.45, 7) is 0. The summed E-state index contributed by atoms with van der Waals surface area (Å²) in [6, 6.07) is 15.1. The van der Waals surface area contributed by atoms with Crippen molar-refractivity contribution < 1.29 is 4.74 Å². The fourth-order valence-electron chi connectivity index (χ4n) is 2.03. The zero-order valence-corrected chi connectivity index (χ0v) is 12.0. The molecule has 0 N–H and O–H groups in total. The van der Waals surface area contributed by atoms with Crippen LogP contribution in [0.4, 0.5) is 0 Å². The third-order valence-corrected chi connectivity index (χ3v) is 3.63. The first-order valence-electron chi connectivity index (χ1n) is 6.14. The van der Waals surface area contributed by atoms with Crippen molar-refractivity contribution >= 4 is 34.1 Å². The molecule has 2 aromatic carbocycles. The van der Waals surface area contributed by atoms with E-state index >= 15 is 0 Å². The molecule has 0 bridgehead atoms. The van der Waals surface area contributed by atoms with Crippen LogP contribution < -0.4 is 4.74 Å². The molecule has 20 heavy (non-hydrogen) atoms. The highest BCUT2D eigenvalue weighted by molar-refractivity contribution is 6.35. The molecule has 3 rings (SSSR count). The molecule has 0 unspecified atom stereocenters. The number of hydrogen-bond acceptors (Lipinski definition) is 2. The van der Waals surface area contributed by atoms with Crippen molar-refractivity contribution in [1.29, 1.82) is 0 Å². The highest BCUT2D eigenvalue weighted by Gasteiger charge is 2.09. The van der Waals surface area contributed by atoms with Crippen LogP contribution in [0.25, 0.3) is 10.9 Å². The van der Waals surface area contributed by atoms with E-state index in [9.17, 15) is 0 Å². The highest BCUT2D eigenvalue weighted by atomic mass is 35.5. The lowest BCUT2D eigenvalue weighted by Crippen LogP contribution is -1.91. The molecule has 0 amide bonds. The van der Waals surface area contributed by atoms with Gasteiger partial charge in [-0.3, -0.25) is 4.98 Å². The predicted octanol–water partition coefficient (Wildman–Crippen LogP) is 5.42. The molecule has 3 aromatic rings. The van der Waals surface area contributed by atoms with E-state index in [0.29, 0.717) is 16.7 Å². The number of pyridine rings is 1. The molecule has 100 valence electrons. The maximum atomic E-state index is 6.17. The van der Waals surface area contributed by atoms with Crippen LogP contribution in [0.3, 0.4) is 0 Å². The normalized spacial score (nSPS) is 10.7. The van der Waals surface area contributed by atoms with Crippen LogP contribution in [0.15, 0.2) is 54.7 Å². The Hall–Kier alpha value is -1.77. The number of nitrogens with zero attached hydrogens (tertiary/aromatic N) is 1. The highest BCUT2D eigenvalue weighted by Crippen LogP contribution is 2.34. The molecule has 0 atom stereocenters. The Balaban J connectivity index is 2.09. The molecular formula is C16H11Cl2NO. The number of hydrogen-bond donors (Lipinski definition) is 0. The molecule has 0 aliphatic heterocycles. The van der Waals surface area contributed by atoms with E-state index in [2.05, 4.69) is 4.98 Å². The summed E-state index contributed by atoms with van der Waals surface area (Å²) in [5.41, 5.74) is 1.68. The second kappa shape index (κ2) is 5.70. The van der Waals surface area contributed by atoms with Crippen molar-refractivity contribution in [3.63, 3.8) is 0 Å². The molecule has 0 radical (unpaired) electrons. The van der Waals surface area contributed by atoms with E-state index in [0.717, 1.165) is 22.2 Å². The van der Waals surface area contributed by atoms with Gasteiger partial charge in [-0.15, -0.1) is 11.6 Å². The molecule has 0 aliphatic rings. The zero-order chi connectivity index (χ0) is 13.9. The molecule has 0 fully saturated rings. The second-order valence-corrected chi connectivity index (χ2v) is 4.96. The van der Waals surface area contributed by atoms with Gasteiger partial charge in [-0.05, 0) is 30.3 Å². The van der Waals surface area contributed by atoms with Crippen molar-refractivity contribution in [2.45, 2.75) is 5.88 Å². The molecular weight excluding hydrogens is 293 g/mol. The number of para-hydroxylation sites is 1. The van der Waals surface area contributed by atoms with E-state index in [1.807, 2.05) is 48.5 Å². The van der Waals surface area contributed by atoms with E-state index in [1.165, 1.54) is 0 Å². The van der Waals surface area contributed by atoms with Gasteiger partial charge in [0, 0.05) is 17.1 Å². The van der Waals surface area contributed by atoms with E-state index in [1.54, 1.807) is 6.20 Å². The SMILES string of the molecule is ClCc1ccccc1Oc1ccc(Cl)c2cccnc12. The number of rotatable bonds is 3. The summed E-state index contributed by atoms with van der Waals surface area (Å²) in [5.74, 6) is 1.80. The van der Waals surface area contributed by atoms with E-state index < -0.39 is 0 Å². The number of benzene rings is 2. The predicted molar refractivity (Wildman–Crippen MR) is 82.8 cm³/mol. The minimum Gasteiger partial charge on any atom is -0.455 e. The van der Waals surface area contributed by atoms with Crippen molar-refractivity contribution in [2.75, 3.05) is 0 Å². The monoisotopic (exact) mass is 303 g/mol. The van der Waals surface area contributed by atoms with Gasteiger partial charge in [0.05, 0.1) is 10.9 Å². The van der Waals surface area contributed by atoms with Gasteiger partial charge in [0.15, 0.2) is 5.75 Å². The summed E-state index contributed by atoms with van der Waals surface area (Å²) in [5, 5.41) is 1.53. The maximum absolute atomic E-state index is 6.17. The third-order valence-electron chi connectivity index (χ3n) is 3.02.